The number of methoxy groups -OCH3 is 1. The second-order valence-electron chi connectivity index (χ2n) is 5.83. The van der Waals surface area contributed by atoms with Crippen LogP contribution in [-0.4, -0.2) is 60.9 Å². The lowest BCUT2D eigenvalue weighted by Gasteiger charge is -2.45. The molecule has 6 nitrogen and oxygen atoms in total. The van der Waals surface area contributed by atoms with Gasteiger partial charge in [-0.25, -0.2) is 0 Å². The molecular weight excluding hydrogens is 276 g/mol. The third-order valence-electron chi connectivity index (χ3n) is 4.17. The number of unbranched alkanes of at least 4 members (excludes halogenated alkanes) is 4. The molecule has 2 aliphatic heterocycles. The Kier molecular flexibility index (Phi) is 6.85. The Labute approximate surface area is 126 Å². The van der Waals surface area contributed by atoms with Gasteiger partial charge in [0, 0.05) is 7.11 Å². The van der Waals surface area contributed by atoms with Gasteiger partial charge in [0.1, 0.15) is 24.4 Å². The van der Waals surface area contributed by atoms with Gasteiger partial charge < -0.3 is 29.2 Å². The second kappa shape index (κ2) is 8.41. The van der Waals surface area contributed by atoms with Crippen molar-refractivity contribution < 1.29 is 29.2 Å². The average molecular weight is 304 g/mol. The molecule has 2 fully saturated rings. The van der Waals surface area contributed by atoms with Gasteiger partial charge in [-0.05, 0) is 12.8 Å². The summed E-state index contributed by atoms with van der Waals surface area (Å²) in [5, 5.41) is 20.1. The number of aliphatic hydroxyl groups is 2. The summed E-state index contributed by atoms with van der Waals surface area (Å²) < 4.78 is 21.9. The number of hydrogen-bond donors (Lipinski definition) is 2. The first-order chi connectivity index (χ1) is 10.2. The van der Waals surface area contributed by atoms with Gasteiger partial charge in [-0.1, -0.05) is 32.6 Å². The molecule has 0 aromatic carbocycles. The van der Waals surface area contributed by atoms with Gasteiger partial charge in [0.2, 0.25) is 0 Å². The van der Waals surface area contributed by atoms with E-state index in [4.69, 9.17) is 18.9 Å². The van der Waals surface area contributed by atoms with E-state index >= 15 is 0 Å². The highest BCUT2D eigenvalue weighted by Crippen LogP contribution is 2.29. The third-order valence-corrected chi connectivity index (χ3v) is 4.17. The van der Waals surface area contributed by atoms with Crippen molar-refractivity contribution in [2.75, 3.05) is 13.7 Å². The zero-order chi connectivity index (χ0) is 15.2. The fourth-order valence-electron chi connectivity index (χ4n) is 2.89. The Bertz CT molecular complexity index is 296. The van der Waals surface area contributed by atoms with Gasteiger partial charge in [0.25, 0.3) is 0 Å². The molecule has 0 saturated carbocycles. The zero-order valence-electron chi connectivity index (χ0n) is 12.9. The first-order valence-electron chi connectivity index (χ1n) is 7.98. The molecule has 124 valence electrons. The van der Waals surface area contributed by atoms with Gasteiger partial charge >= 0.3 is 0 Å². The molecule has 6 heteroatoms. The molecule has 0 radical (unpaired) electrons. The first-order valence-corrected chi connectivity index (χ1v) is 7.98. The molecule has 0 aromatic heterocycles. The number of hydrogen-bond acceptors (Lipinski definition) is 6. The lowest BCUT2D eigenvalue weighted by Crippen LogP contribution is -2.63. The van der Waals surface area contributed by atoms with Gasteiger partial charge in [0.05, 0.1) is 6.61 Å². The van der Waals surface area contributed by atoms with E-state index in [0.717, 1.165) is 12.8 Å². The van der Waals surface area contributed by atoms with E-state index in [1.165, 1.54) is 32.8 Å². The maximum atomic E-state index is 10.1. The van der Waals surface area contributed by atoms with Crippen molar-refractivity contribution in [1.29, 1.82) is 0 Å². The van der Waals surface area contributed by atoms with Gasteiger partial charge in [-0.3, -0.25) is 0 Å². The predicted molar refractivity (Wildman–Crippen MR) is 75.7 cm³/mol. The Morgan fingerprint density at radius 2 is 1.81 bits per heavy atom. The van der Waals surface area contributed by atoms with Crippen LogP contribution in [0.1, 0.15) is 45.4 Å². The predicted octanol–water partition coefficient (Wildman–Crippen LogP) is 1.18. The number of ether oxygens (including phenoxy) is 4. The topological polar surface area (TPSA) is 77.4 Å². The van der Waals surface area contributed by atoms with Crippen molar-refractivity contribution in [2.24, 2.45) is 0 Å². The van der Waals surface area contributed by atoms with Crippen LogP contribution in [0.4, 0.5) is 0 Å². The van der Waals surface area contributed by atoms with E-state index in [9.17, 15) is 10.2 Å². The molecule has 2 heterocycles. The summed E-state index contributed by atoms with van der Waals surface area (Å²) in [7, 11) is 1.44. The van der Waals surface area contributed by atoms with E-state index in [1.807, 2.05) is 0 Å². The minimum absolute atomic E-state index is 0.322. The molecule has 0 aliphatic carbocycles. The largest absolute Gasteiger partial charge is 0.387 e. The smallest absolute Gasteiger partial charge is 0.186 e. The van der Waals surface area contributed by atoms with Gasteiger partial charge in [-0.2, -0.15) is 0 Å². The fraction of sp³-hybridized carbons (Fsp3) is 1.00. The minimum Gasteiger partial charge on any atom is -0.387 e. The van der Waals surface area contributed by atoms with E-state index < -0.39 is 30.7 Å². The SMILES string of the molecule is CCCCCCCC1OC[C@H]2O[C@H](OC)[C@H](O)[C@@H](O)[C@@H]2O1. The van der Waals surface area contributed by atoms with Crippen LogP contribution in [0.15, 0.2) is 0 Å². The summed E-state index contributed by atoms with van der Waals surface area (Å²) in [5.74, 6) is 0. The quantitative estimate of drug-likeness (QED) is 0.688. The standard InChI is InChI=1S/C15H28O6/c1-3-4-5-6-7-8-11-19-9-10-14(21-11)12(16)13(17)15(18-2)20-10/h10-17H,3-9H2,1-2H3/t10-,11?,12-,13-,14-,15+/m1/s1. The summed E-state index contributed by atoms with van der Waals surface area (Å²) in [6.45, 7) is 2.55. The van der Waals surface area contributed by atoms with Gasteiger partial charge in [0.15, 0.2) is 12.6 Å². The first kappa shape index (κ1) is 17.1. The Morgan fingerprint density at radius 1 is 1.05 bits per heavy atom. The van der Waals surface area contributed by atoms with E-state index in [0.29, 0.717) is 6.61 Å². The lowest BCUT2D eigenvalue weighted by atomic mass is 9.98. The maximum Gasteiger partial charge on any atom is 0.186 e. The van der Waals surface area contributed by atoms with Crippen LogP contribution < -0.4 is 0 Å². The van der Waals surface area contributed by atoms with Crippen LogP contribution in [0.25, 0.3) is 0 Å². The van der Waals surface area contributed by atoms with Crippen LogP contribution in [0.5, 0.6) is 0 Å². The number of rotatable bonds is 7. The molecule has 21 heavy (non-hydrogen) atoms. The molecule has 0 aromatic rings. The Hall–Kier alpha value is -0.240. The van der Waals surface area contributed by atoms with Crippen molar-refractivity contribution in [3.63, 3.8) is 0 Å². The molecule has 0 amide bonds. The molecule has 2 aliphatic rings. The van der Waals surface area contributed by atoms with Crippen molar-refractivity contribution in [2.45, 2.75) is 82.4 Å². The summed E-state index contributed by atoms with van der Waals surface area (Å²) in [6, 6.07) is 0. The maximum absolute atomic E-state index is 10.1. The summed E-state index contributed by atoms with van der Waals surface area (Å²) in [5.41, 5.74) is 0. The Balaban J connectivity index is 1.77. The summed E-state index contributed by atoms with van der Waals surface area (Å²) in [6.07, 6.45) is 2.51. The fourth-order valence-corrected chi connectivity index (χ4v) is 2.89. The molecule has 2 rings (SSSR count). The third kappa shape index (κ3) is 4.37. The van der Waals surface area contributed by atoms with E-state index in [1.54, 1.807) is 0 Å². The van der Waals surface area contributed by atoms with E-state index in [2.05, 4.69) is 6.92 Å². The zero-order valence-corrected chi connectivity index (χ0v) is 12.9. The average Bonchev–Trinajstić information content (AvgIpc) is 2.51. The number of fused-ring (bicyclic) bond motifs is 1. The van der Waals surface area contributed by atoms with Crippen molar-refractivity contribution in [3.05, 3.63) is 0 Å². The van der Waals surface area contributed by atoms with Crippen LogP contribution >= 0.6 is 0 Å². The van der Waals surface area contributed by atoms with Crippen molar-refractivity contribution in [1.82, 2.24) is 0 Å². The molecule has 1 unspecified atom stereocenters. The molecule has 0 bridgehead atoms. The van der Waals surface area contributed by atoms with Crippen LogP contribution in [0.2, 0.25) is 0 Å². The second-order valence-corrected chi connectivity index (χ2v) is 5.83. The molecule has 2 saturated heterocycles. The normalized spacial score (nSPS) is 40.0. The Morgan fingerprint density at radius 3 is 2.52 bits per heavy atom. The van der Waals surface area contributed by atoms with E-state index in [-0.39, 0.29) is 6.29 Å². The van der Waals surface area contributed by atoms with Crippen LogP contribution in [0.3, 0.4) is 0 Å². The highest BCUT2D eigenvalue weighted by Gasteiger charge is 2.48. The van der Waals surface area contributed by atoms with Crippen molar-refractivity contribution >= 4 is 0 Å². The van der Waals surface area contributed by atoms with Gasteiger partial charge in [-0.15, -0.1) is 0 Å². The lowest BCUT2D eigenvalue weighted by molar-refractivity contribution is -0.356. The molecule has 2 N–H and O–H groups in total. The molecular formula is C15H28O6. The highest BCUT2D eigenvalue weighted by molar-refractivity contribution is 4.92. The minimum atomic E-state index is -1.10. The highest BCUT2D eigenvalue weighted by atomic mass is 16.7. The van der Waals surface area contributed by atoms with Crippen LogP contribution in [0, 0.1) is 0 Å². The molecule has 0 spiro atoms. The summed E-state index contributed by atoms with van der Waals surface area (Å²) >= 11 is 0. The monoisotopic (exact) mass is 304 g/mol. The molecule has 6 atom stereocenters. The van der Waals surface area contributed by atoms with Crippen molar-refractivity contribution in [3.8, 4) is 0 Å². The summed E-state index contributed by atoms with van der Waals surface area (Å²) in [4.78, 5) is 0. The number of aliphatic hydroxyl groups excluding tert-OH is 2. The van der Waals surface area contributed by atoms with Crippen LogP contribution in [-0.2, 0) is 18.9 Å².